The van der Waals surface area contributed by atoms with E-state index in [0.717, 1.165) is 17.8 Å². The lowest BCUT2D eigenvalue weighted by atomic mass is 10.2. The number of rotatable bonds is 5. The molecule has 154 valence electrons. The third kappa shape index (κ3) is 4.54. The van der Waals surface area contributed by atoms with Crippen LogP contribution in [0.1, 0.15) is 12.6 Å². The Labute approximate surface area is 192 Å². The highest BCUT2D eigenvalue weighted by Gasteiger charge is 2.27. The maximum Gasteiger partial charge on any atom is 0.272 e. The van der Waals surface area contributed by atoms with Gasteiger partial charge in [-0.25, -0.2) is 4.98 Å². The van der Waals surface area contributed by atoms with Gasteiger partial charge in [-0.05, 0) is 30.3 Å². The van der Waals surface area contributed by atoms with Gasteiger partial charge in [0.2, 0.25) is 5.91 Å². The number of halogens is 2. The molecule has 4 rings (SSSR count). The smallest absolute Gasteiger partial charge is 0.272 e. The first-order valence-corrected chi connectivity index (χ1v) is 11.8. The van der Waals surface area contributed by atoms with Crippen LogP contribution in [0.2, 0.25) is 10.0 Å². The van der Waals surface area contributed by atoms with Crippen molar-refractivity contribution in [2.45, 2.75) is 28.6 Å². The molecule has 1 amide bonds. The summed E-state index contributed by atoms with van der Waals surface area (Å²) in [6.45, 7) is 2.08. The molecule has 1 atom stereocenters. The number of amides is 1. The highest BCUT2D eigenvalue weighted by molar-refractivity contribution is 8.00. The van der Waals surface area contributed by atoms with Crippen LogP contribution in [0.3, 0.4) is 0 Å². The molecule has 0 spiro atoms. The number of anilines is 1. The topological polar surface area (TPSA) is 64.0 Å². The van der Waals surface area contributed by atoms with E-state index in [1.54, 1.807) is 34.5 Å². The van der Waals surface area contributed by atoms with Crippen molar-refractivity contribution >= 4 is 58.3 Å². The Morgan fingerprint density at radius 3 is 2.73 bits per heavy atom. The molecule has 1 N–H and O–H groups in total. The van der Waals surface area contributed by atoms with Crippen LogP contribution in [0.15, 0.2) is 63.4 Å². The van der Waals surface area contributed by atoms with Crippen molar-refractivity contribution in [3.63, 3.8) is 0 Å². The summed E-state index contributed by atoms with van der Waals surface area (Å²) < 4.78 is 1.58. The zero-order valence-electron chi connectivity index (χ0n) is 15.9. The highest BCUT2D eigenvalue weighted by atomic mass is 35.5. The molecule has 2 aromatic carbocycles. The fraction of sp³-hybridized carbons (Fsp3) is 0.190. The van der Waals surface area contributed by atoms with Gasteiger partial charge < -0.3 is 5.32 Å². The molecular formula is C21H17Cl2N3O2S2. The Bertz CT molecular complexity index is 1170. The maximum absolute atomic E-state index is 13.2. The van der Waals surface area contributed by atoms with Gasteiger partial charge in [-0.3, -0.25) is 14.2 Å². The van der Waals surface area contributed by atoms with Crippen molar-refractivity contribution in [2.75, 3.05) is 11.1 Å². The molecular weight excluding hydrogens is 461 g/mol. The Morgan fingerprint density at radius 1 is 1.23 bits per heavy atom. The molecule has 0 bridgehead atoms. The Hall–Kier alpha value is -1.93. The van der Waals surface area contributed by atoms with Crippen LogP contribution in [-0.2, 0) is 11.2 Å². The van der Waals surface area contributed by atoms with Gasteiger partial charge in [-0.2, -0.15) is 0 Å². The van der Waals surface area contributed by atoms with E-state index in [2.05, 4.69) is 12.2 Å². The van der Waals surface area contributed by atoms with E-state index < -0.39 is 0 Å². The standard InChI is InChI=1S/C21H17Cl2N3O2S2/c1-12-9-17-19(30-12)20(28)26(14-5-3-2-4-6-14)21(25-17)29-11-18(27)24-13-7-8-15(22)16(23)10-13/h2-8,10,12H,9,11H2,1H3,(H,24,27). The van der Waals surface area contributed by atoms with Gasteiger partial charge in [0, 0.05) is 17.4 Å². The van der Waals surface area contributed by atoms with Crippen LogP contribution < -0.4 is 10.9 Å². The summed E-state index contributed by atoms with van der Waals surface area (Å²) in [5.41, 5.74) is 2.00. The number of fused-ring (bicyclic) bond motifs is 1. The number of aromatic nitrogens is 2. The average molecular weight is 478 g/mol. The summed E-state index contributed by atoms with van der Waals surface area (Å²) in [4.78, 5) is 31.1. The second-order valence-electron chi connectivity index (χ2n) is 6.74. The average Bonchev–Trinajstić information content (AvgIpc) is 3.10. The summed E-state index contributed by atoms with van der Waals surface area (Å²) in [7, 11) is 0. The molecule has 3 aromatic rings. The first-order chi connectivity index (χ1) is 14.4. The largest absolute Gasteiger partial charge is 0.325 e. The normalized spacial score (nSPS) is 15.1. The Balaban J connectivity index is 1.60. The molecule has 0 aliphatic carbocycles. The van der Waals surface area contributed by atoms with Gasteiger partial charge in [-0.15, -0.1) is 11.8 Å². The number of thioether (sulfide) groups is 2. The van der Waals surface area contributed by atoms with E-state index in [0.29, 0.717) is 31.0 Å². The SMILES string of the molecule is CC1Cc2nc(SCC(=O)Nc3ccc(Cl)c(Cl)c3)n(-c3ccccc3)c(=O)c2S1. The number of benzene rings is 2. The lowest BCUT2D eigenvalue weighted by Crippen LogP contribution is -2.24. The van der Waals surface area contributed by atoms with Crippen LogP contribution in [0.4, 0.5) is 5.69 Å². The number of hydrogen-bond acceptors (Lipinski definition) is 5. The van der Waals surface area contributed by atoms with Crippen molar-refractivity contribution in [1.29, 1.82) is 0 Å². The molecule has 0 fully saturated rings. The minimum Gasteiger partial charge on any atom is -0.325 e. The second kappa shape index (κ2) is 9.06. The fourth-order valence-corrected chi connectivity index (χ4v) is 5.33. The van der Waals surface area contributed by atoms with E-state index in [1.807, 2.05) is 30.3 Å². The van der Waals surface area contributed by atoms with Crippen molar-refractivity contribution in [2.24, 2.45) is 0 Å². The number of para-hydroxylation sites is 1. The molecule has 1 aliphatic rings. The molecule has 1 unspecified atom stereocenters. The van der Waals surface area contributed by atoms with Crippen LogP contribution in [0, 0.1) is 0 Å². The van der Waals surface area contributed by atoms with Crippen LogP contribution in [0.25, 0.3) is 5.69 Å². The fourth-order valence-electron chi connectivity index (χ4n) is 3.10. The molecule has 9 heteroatoms. The number of hydrogen-bond donors (Lipinski definition) is 1. The number of nitrogens with one attached hydrogen (secondary N) is 1. The van der Waals surface area contributed by atoms with Gasteiger partial charge in [0.1, 0.15) is 0 Å². The van der Waals surface area contributed by atoms with Gasteiger partial charge in [0.05, 0.1) is 32.1 Å². The van der Waals surface area contributed by atoms with E-state index in [4.69, 9.17) is 28.2 Å². The molecule has 1 aliphatic heterocycles. The summed E-state index contributed by atoms with van der Waals surface area (Å²) in [5, 5.41) is 4.39. The first-order valence-electron chi connectivity index (χ1n) is 9.18. The Kier molecular flexibility index (Phi) is 6.43. The van der Waals surface area contributed by atoms with Gasteiger partial charge in [0.15, 0.2) is 5.16 Å². The molecule has 30 heavy (non-hydrogen) atoms. The summed E-state index contributed by atoms with van der Waals surface area (Å²) in [6, 6.07) is 14.3. The van der Waals surface area contributed by atoms with Gasteiger partial charge in [-0.1, -0.05) is 60.1 Å². The molecule has 2 heterocycles. The van der Waals surface area contributed by atoms with Crippen molar-refractivity contribution in [3.8, 4) is 5.69 Å². The summed E-state index contributed by atoms with van der Waals surface area (Å²) in [6.07, 6.45) is 0.744. The van der Waals surface area contributed by atoms with E-state index >= 15 is 0 Å². The van der Waals surface area contributed by atoms with E-state index in [9.17, 15) is 9.59 Å². The zero-order valence-corrected chi connectivity index (χ0v) is 19.0. The van der Waals surface area contributed by atoms with Gasteiger partial charge >= 0.3 is 0 Å². The second-order valence-corrected chi connectivity index (χ2v) is 9.95. The lowest BCUT2D eigenvalue weighted by molar-refractivity contribution is -0.113. The summed E-state index contributed by atoms with van der Waals surface area (Å²) in [5.74, 6) is -0.128. The first kappa shape index (κ1) is 21.3. The molecule has 0 saturated heterocycles. The van der Waals surface area contributed by atoms with Crippen LogP contribution in [0.5, 0.6) is 0 Å². The third-order valence-electron chi connectivity index (χ3n) is 4.43. The predicted octanol–water partition coefficient (Wildman–Crippen LogP) is 5.31. The van der Waals surface area contributed by atoms with Crippen LogP contribution >= 0.6 is 46.7 Å². The predicted molar refractivity (Wildman–Crippen MR) is 125 cm³/mol. The number of carbonyl (C=O) groups is 1. The minimum absolute atomic E-state index is 0.0899. The Morgan fingerprint density at radius 2 is 2.00 bits per heavy atom. The molecule has 5 nitrogen and oxygen atoms in total. The van der Waals surface area contributed by atoms with Crippen molar-refractivity contribution < 1.29 is 4.79 Å². The minimum atomic E-state index is -0.226. The number of carbonyl (C=O) groups excluding carboxylic acids is 1. The zero-order chi connectivity index (χ0) is 21.3. The molecule has 0 saturated carbocycles. The maximum atomic E-state index is 13.2. The quantitative estimate of drug-likeness (QED) is 0.398. The molecule has 1 aromatic heterocycles. The number of nitrogens with zero attached hydrogens (tertiary/aromatic N) is 2. The monoisotopic (exact) mass is 477 g/mol. The third-order valence-corrected chi connectivity index (χ3v) is 7.32. The summed E-state index contributed by atoms with van der Waals surface area (Å²) >= 11 is 14.7. The van der Waals surface area contributed by atoms with E-state index in [1.165, 1.54) is 11.8 Å². The molecule has 0 radical (unpaired) electrons. The van der Waals surface area contributed by atoms with E-state index in [-0.39, 0.29) is 17.2 Å². The highest BCUT2D eigenvalue weighted by Crippen LogP contribution is 2.35. The lowest BCUT2D eigenvalue weighted by Gasteiger charge is -2.13. The van der Waals surface area contributed by atoms with Gasteiger partial charge in [0.25, 0.3) is 5.56 Å². The van der Waals surface area contributed by atoms with Crippen LogP contribution in [-0.4, -0.2) is 26.5 Å². The van der Waals surface area contributed by atoms with Crippen molar-refractivity contribution in [3.05, 3.63) is 74.6 Å². The van der Waals surface area contributed by atoms with Crippen molar-refractivity contribution in [1.82, 2.24) is 9.55 Å².